The van der Waals surface area contributed by atoms with Gasteiger partial charge in [0.05, 0.1) is 12.5 Å². The lowest BCUT2D eigenvalue weighted by molar-refractivity contribution is -0.150. The van der Waals surface area contributed by atoms with E-state index in [0.717, 1.165) is 12.8 Å². The molecular formula is C8H11BrO2. The van der Waals surface area contributed by atoms with Gasteiger partial charge in [-0.2, -0.15) is 0 Å². The molecule has 0 radical (unpaired) electrons. The Hall–Kier alpha value is -0.310. The first-order valence-electron chi connectivity index (χ1n) is 3.54. The van der Waals surface area contributed by atoms with Gasteiger partial charge in [0.25, 0.3) is 0 Å². The van der Waals surface area contributed by atoms with E-state index < -0.39 is 0 Å². The number of ether oxygens (including phenoxy) is 1. The van der Waals surface area contributed by atoms with Gasteiger partial charge in [0.2, 0.25) is 0 Å². The number of carbonyl (C=O) groups is 1. The third-order valence-corrected chi connectivity index (χ3v) is 3.13. The molecule has 0 atom stereocenters. The Morgan fingerprint density at radius 1 is 1.64 bits per heavy atom. The van der Waals surface area contributed by atoms with E-state index in [1.807, 2.05) is 12.2 Å². The van der Waals surface area contributed by atoms with Crippen LogP contribution in [0.5, 0.6) is 0 Å². The van der Waals surface area contributed by atoms with Crippen molar-refractivity contribution in [3.05, 3.63) is 12.2 Å². The van der Waals surface area contributed by atoms with Crippen LogP contribution in [0.3, 0.4) is 0 Å². The van der Waals surface area contributed by atoms with E-state index >= 15 is 0 Å². The highest BCUT2D eigenvalue weighted by molar-refractivity contribution is 9.09. The molecule has 1 aliphatic carbocycles. The summed E-state index contributed by atoms with van der Waals surface area (Å²) >= 11 is 3.33. The molecule has 3 heteroatoms. The molecule has 0 aromatic carbocycles. The second-order valence-corrected chi connectivity index (χ2v) is 3.35. The Morgan fingerprint density at radius 3 is 2.55 bits per heavy atom. The van der Waals surface area contributed by atoms with Crippen LogP contribution in [0.1, 0.15) is 12.8 Å². The molecule has 0 heterocycles. The minimum atomic E-state index is -0.311. The second-order valence-electron chi connectivity index (χ2n) is 2.79. The number of esters is 1. The monoisotopic (exact) mass is 218 g/mol. The third kappa shape index (κ3) is 1.48. The van der Waals surface area contributed by atoms with Crippen LogP contribution in [-0.2, 0) is 9.53 Å². The zero-order chi connectivity index (χ0) is 8.32. The Balaban J connectivity index is 2.69. The van der Waals surface area contributed by atoms with Gasteiger partial charge in [-0.05, 0) is 12.8 Å². The maximum absolute atomic E-state index is 11.3. The molecule has 0 fully saturated rings. The summed E-state index contributed by atoms with van der Waals surface area (Å²) in [5.74, 6) is -0.112. The van der Waals surface area contributed by atoms with Crippen molar-refractivity contribution in [3.63, 3.8) is 0 Å². The van der Waals surface area contributed by atoms with Crippen LogP contribution in [0, 0.1) is 5.41 Å². The average Bonchev–Trinajstić information content (AvgIpc) is 2.52. The Bertz CT molecular complexity index is 179. The minimum Gasteiger partial charge on any atom is -0.469 e. The molecule has 0 spiro atoms. The van der Waals surface area contributed by atoms with Crippen molar-refractivity contribution in [2.75, 3.05) is 12.4 Å². The predicted molar refractivity (Wildman–Crippen MR) is 46.6 cm³/mol. The van der Waals surface area contributed by atoms with Crippen LogP contribution in [0.15, 0.2) is 12.2 Å². The number of alkyl halides is 1. The van der Waals surface area contributed by atoms with Crippen LogP contribution in [0.25, 0.3) is 0 Å². The first-order chi connectivity index (χ1) is 5.25. The fraction of sp³-hybridized carbons (Fsp3) is 0.625. The van der Waals surface area contributed by atoms with Gasteiger partial charge in [0.15, 0.2) is 0 Å². The lowest BCUT2D eigenvalue weighted by Crippen LogP contribution is -2.31. The average molecular weight is 219 g/mol. The summed E-state index contributed by atoms with van der Waals surface area (Å²) in [5, 5.41) is 0.680. The first kappa shape index (κ1) is 8.78. The van der Waals surface area contributed by atoms with Gasteiger partial charge < -0.3 is 4.74 Å². The van der Waals surface area contributed by atoms with Gasteiger partial charge in [0.1, 0.15) is 0 Å². The molecule has 0 saturated carbocycles. The van der Waals surface area contributed by atoms with Gasteiger partial charge in [-0.1, -0.05) is 28.1 Å². The van der Waals surface area contributed by atoms with Crippen LogP contribution < -0.4 is 0 Å². The van der Waals surface area contributed by atoms with E-state index in [1.54, 1.807) is 0 Å². The van der Waals surface area contributed by atoms with Crippen molar-refractivity contribution < 1.29 is 9.53 Å². The van der Waals surface area contributed by atoms with Crippen molar-refractivity contribution in [3.8, 4) is 0 Å². The smallest absolute Gasteiger partial charge is 0.313 e. The first-order valence-corrected chi connectivity index (χ1v) is 4.67. The van der Waals surface area contributed by atoms with Crippen LogP contribution in [0.4, 0.5) is 0 Å². The van der Waals surface area contributed by atoms with Crippen molar-refractivity contribution in [1.82, 2.24) is 0 Å². The quantitative estimate of drug-likeness (QED) is 0.402. The molecule has 0 bridgehead atoms. The molecule has 1 aliphatic rings. The van der Waals surface area contributed by atoms with Crippen LogP contribution in [0.2, 0.25) is 0 Å². The minimum absolute atomic E-state index is 0.112. The lowest BCUT2D eigenvalue weighted by atomic mass is 9.88. The number of rotatable bonds is 2. The molecule has 0 amide bonds. The number of allylic oxidation sites excluding steroid dienone is 2. The maximum atomic E-state index is 11.3. The summed E-state index contributed by atoms with van der Waals surface area (Å²) in [6.45, 7) is 0. The van der Waals surface area contributed by atoms with E-state index in [9.17, 15) is 4.79 Å². The molecule has 0 aromatic rings. The van der Waals surface area contributed by atoms with Gasteiger partial charge in [0, 0.05) is 5.33 Å². The number of carbonyl (C=O) groups excluding carboxylic acids is 1. The Kier molecular flexibility index (Phi) is 2.71. The van der Waals surface area contributed by atoms with Gasteiger partial charge in [-0.3, -0.25) is 4.79 Å². The summed E-state index contributed by atoms with van der Waals surface area (Å²) in [4.78, 5) is 11.3. The molecule has 0 unspecified atom stereocenters. The van der Waals surface area contributed by atoms with Crippen LogP contribution in [-0.4, -0.2) is 18.4 Å². The van der Waals surface area contributed by atoms with E-state index in [4.69, 9.17) is 4.74 Å². The number of methoxy groups -OCH3 is 1. The largest absolute Gasteiger partial charge is 0.469 e. The van der Waals surface area contributed by atoms with E-state index in [2.05, 4.69) is 15.9 Å². The van der Waals surface area contributed by atoms with Gasteiger partial charge >= 0.3 is 5.97 Å². The molecule has 1 rings (SSSR count). The van der Waals surface area contributed by atoms with Gasteiger partial charge in [-0.15, -0.1) is 0 Å². The van der Waals surface area contributed by atoms with Crippen molar-refractivity contribution >= 4 is 21.9 Å². The SMILES string of the molecule is COC(=O)C1(CBr)CC=CC1. The number of halogens is 1. The summed E-state index contributed by atoms with van der Waals surface area (Å²) in [7, 11) is 1.44. The number of hydrogen-bond acceptors (Lipinski definition) is 2. The van der Waals surface area contributed by atoms with Crippen molar-refractivity contribution in [2.45, 2.75) is 12.8 Å². The highest BCUT2D eigenvalue weighted by Crippen LogP contribution is 2.36. The van der Waals surface area contributed by atoms with E-state index in [-0.39, 0.29) is 11.4 Å². The van der Waals surface area contributed by atoms with Crippen LogP contribution >= 0.6 is 15.9 Å². The molecule has 2 nitrogen and oxygen atoms in total. The Labute approximate surface area is 74.7 Å². The standard InChI is InChI=1S/C8H11BrO2/c1-11-7(10)8(6-9)4-2-3-5-8/h2-3H,4-6H2,1H3. The zero-order valence-corrected chi connectivity index (χ0v) is 8.06. The lowest BCUT2D eigenvalue weighted by Gasteiger charge is -2.22. The fourth-order valence-corrected chi connectivity index (χ4v) is 1.93. The molecular weight excluding hydrogens is 208 g/mol. The maximum Gasteiger partial charge on any atom is 0.313 e. The summed E-state index contributed by atoms with van der Waals surface area (Å²) in [6.07, 6.45) is 5.65. The topological polar surface area (TPSA) is 26.3 Å². The summed E-state index contributed by atoms with van der Waals surface area (Å²) in [5.41, 5.74) is -0.311. The van der Waals surface area contributed by atoms with E-state index in [1.165, 1.54) is 7.11 Å². The normalized spacial score (nSPS) is 20.2. The molecule has 62 valence electrons. The van der Waals surface area contributed by atoms with Gasteiger partial charge in [-0.25, -0.2) is 0 Å². The molecule has 0 N–H and O–H groups in total. The summed E-state index contributed by atoms with van der Waals surface area (Å²) < 4.78 is 4.72. The molecule has 0 aliphatic heterocycles. The van der Waals surface area contributed by atoms with E-state index in [0.29, 0.717) is 5.33 Å². The zero-order valence-electron chi connectivity index (χ0n) is 6.47. The molecule has 11 heavy (non-hydrogen) atoms. The Morgan fingerprint density at radius 2 is 2.18 bits per heavy atom. The third-order valence-electron chi connectivity index (χ3n) is 2.06. The van der Waals surface area contributed by atoms with Crippen molar-refractivity contribution in [1.29, 1.82) is 0 Å². The molecule has 0 saturated heterocycles. The second kappa shape index (κ2) is 3.39. The fourth-order valence-electron chi connectivity index (χ4n) is 1.25. The summed E-state index contributed by atoms with van der Waals surface area (Å²) in [6, 6.07) is 0. The van der Waals surface area contributed by atoms with Crippen molar-refractivity contribution in [2.24, 2.45) is 5.41 Å². The molecule has 0 aromatic heterocycles. The predicted octanol–water partition coefficient (Wildman–Crippen LogP) is 1.89. The number of hydrogen-bond donors (Lipinski definition) is 0. The highest BCUT2D eigenvalue weighted by atomic mass is 79.9. The highest BCUT2D eigenvalue weighted by Gasteiger charge is 2.38.